The zero-order valence-electron chi connectivity index (χ0n) is 14.9. The van der Waals surface area contributed by atoms with Crippen LogP contribution >= 0.6 is 0 Å². The number of rotatable bonds is 7. The van der Waals surface area contributed by atoms with E-state index in [9.17, 15) is 27.2 Å². The van der Waals surface area contributed by atoms with Crippen molar-refractivity contribution in [1.82, 2.24) is 5.32 Å². The summed E-state index contributed by atoms with van der Waals surface area (Å²) in [4.78, 5) is 24.0. The molecule has 2 N–H and O–H groups in total. The summed E-state index contributed by atoms with van der Waals surface area (Å²) in [5, 5.41) is 4.85. The van der Waals surface area contributed by atoms with Gasteiger partial charge in [0.1, 0.15) is 11.6 Å². The molecule has 0 aliphatic rings. The van der Waals surface area contributed by atoms with Crippen LogP contribution in [-0.4, -0.2) is 31.1 Å². The van der Waals surface area contributed by atoms with Crippen LogP contribution in [-0.2, 0) is 4.79 Å². The van der Waals surface area contributed by atoms with E-state index in [0.29, 0.717) is 5.56 Å². The average Bonchev–Trinajstić information content (AvgIpc) is 2.60. The van der Waals surface area contributed by atoms with Gasteiger partial charge in [-0.3, -0.25) is 9.59 Å². The SMILES string of the molecule is Cc1cccc(C(=O)NCCC(=O)Nc2cc(F)ccc2OCC(F)(F)F)c1. The predicted octanol–water partition coefficient (Wildman–Crippen LogP) is 3.83. The number of amides is 2. The predicted molar refractivity (Wildman–Crippen MR) is 94.7 cm³/mol. The van der Waals surface area contributed by atoms with Gasteiger partial charge in [-0.2, -0.15) is 13.2 Å². The molecule has 0 atom stereocenters. The number of nitrogens with one attached hydrogen (secondary N) is 2. The summed E-state index contributed by atoms with van der Waals surface area (Å²) >= 11 is 0. The molecule has 0 spiro atoms. The third-order valence-electron chi connectivity index (χ3n) is 3.52. The molecule has 0 aliphatic carbocycles. The van der Waals surface area contributed by atoms with Crippen LogP contribution in [0.1, 0.15) is 22.3 Å². The molecule has 2 aromatic carbocycles. The minimum absolute atomic E-state index is 0.00728. The highest BCUT2D eigenvalue weighted by molar-refractivity contribution is 5.95. The van der Waals surface area contributed by atoms with Gasteiger partial charge in [-0.1, -0.05) is 17.7 Å². The van der Waals surface area contributed by atoms with Gasteiger partial charge in [0.15, 0.2) is 6.61 Å². The van der Waals surface area contributed by atoms with Crippen LogP contribution in [0.5, 0.6) is 5.75 Å². The zero-order valence-corrected chi connectivity index (χ0v) is 14.9. The van der Waals surface area contributed by atoms with Crippen molar-refractivity contribution in [1.29, 1.82) is 0 Å². The van der Waals surface area contributed by atoms with E-state index >= 15 is 0 Å². The summed E-state index contributed by atoms with van der Waals surface area (Å²) in [7, 11) is 0. The molecular weight excluding hydrogens is 380 g/mol. The molecule has 28 heavy (non-hydrogen) atoms. The summed E-state index contributed by atoms with van der Waals surface area (Å²) in [6, 6.07) is 9.64. The van der Waals surface area contributed by atoms with E-state index in [1.54, 1.807) is 18.2 Å². The van der Waals surface area contributed by atoms with E-state index in [4.69, 9.17) is 0 Å². The number of benzene rings is 2. The Morgan fingerprint density at radius 2 is 1.86 bits per heavy atom. The van der Waals surface area contributed by atoms with Crippen molar-refractivity contribution in [2.24, 2.45) is 0 Å². The molecule has 0 heterocycles. The molecule has 0 aromatic heterocycles. The van der Waals surface area contributed by atoms with Crippen molar-refractivity contribution in [3.63, 3.8) is 0 Å². The van der Waals surface area contributed by atoms with Gasteiger partial charge >= 0.3 is 6.18 Å². The summed E-state index contributed by atoms with van der Waals surface area (Å²) in [6.45, 7) is 0.252. The average molecular weight is 398 g/mol. The number of hydrogen-bond acceptors (Lipinski definition) is 3. The Hall–Kier alpha value is -3.10. The van der Waals surface area contributed by atoms with E-state index in [1.807, 2.05) is 13.0 Å². The molecule has 2 amide bonds. The summed E-state index contributed by atoms with van der Waals surface area (Å²) < 4.78 is 54.8. The first-order valence-corrected chi connectivity index (χ1v) is 8.28. The van der Waals surface area contributed by atoms with Gasteiger partial charge in [0.05, 0.1) is 5.69 Å². The molecule has 0 saturated carbocycles. The second-order valence-corrected chi connectivity index (χ2v) is 5.97. The molecule has 5 nitrogen and oxygen atoms in total. The topological polar surface area (TPSA) is 67.4 Å². The molecular formula is C19H18F4N2O3. The van der Waals surface area contributed by atoms with Gasteiger partial charge in [0, 0.05) is 24.6 Å². The van der Waals surface area contributed by atoms with Gasteiger partial charge < -0.3 is 15.4 Å². The fourth-order valence-electron chi connectivity index (χ4n) is 2.28. The Morgan fingerprint density at radius 1 is 1.11 bits per heavy atom. The van der Waals surface area contributed by atoms with Crippen LogP contribution in [0.25, 0.3) is 0 Å². The lowest BCUT2D eigenvalue weighted by molar-refractivity contribution is -0.153. The molecule has 150 valence electrons. The van der Waals surface area contributed by atoms with Crippen molar-refractivity contribution in [3.8, 4) is 5.75 Å². The molecule has 0 fully saturated rings. The van der Waals surface area contributed by atoms with Crippen molar-refractivity contribution in [2.45, 2.75) is 19.5 Å². The first kappa shape index (κ1) is 21.2. The second-order valence-electron chi connectivity index (χ2n) is 5.97. The lowest BCUT2D eigenvalue weighted by Gasteiger charge is -2.14. The number of ether oxygens (including phenoxy) is 1. The van der Waals surface area contributed by atoms with Gasteiger partial charge in [0.2, 0.25) is 5.91 Å². The summed E-state index contributed by atoms with van der Waals surface area (Å²) in [5.74, 6) is -2.04. The van der Waals surface area contributed by atoms with Crippen LogP contribution in [0, 0.1) is 12.7 Å². The van der Waals surface area contributed by atoms with Crippen LogP contribution in [0.4, 0.5) is 23.2 Å². The second kappa shape index (κ2) is 9.20. The first-order chi connectivity index (χ1) is 13.1. The lowest BCUT2D eigenvalue weighted by Crippen LogP contribution is -2.27. The van der Waals surface area contributed by atoms with Crippen LogP contribution in [0.15, 0.2) is 42.5 Å². The van der Waals surface area contributed by atoms with E-state index in [-0.39, 0.29) is 30.3 Å². The molecule has 0 radical (unpaired) electrons. The fourth-order valence-corrected chi connectivity index (χ4v) is 2.28. The van der Waals surface area contributed by atoms with Crippen LogP contribution in [0.3, 0.4) is 0 Å². The smallest absolute Gasteiger partial charge is 0.422 e. The molecule has 2 aromatic rings. The molecule has 2 rings (SSSR count). The van der Waals surface area contributed by atoms with Crippen molar-refractivity contribution in [2.75, 3.05) is 18.5 Å². The highest BCUT2D eigenvalue weighted by atomic mass is 19.4. The number of anilines is 1. The molecule has 0 aliphatic heterocycles. The van der Waals surface area contributed by atoms with E-state index < -0.39 is 24.5 Å². The number of hydrogen-bond donors (Lipinski definition) is 2. The standard InChI is InChI=1S/C19H18F4N2O3/c1-12-3-2-4-13(9-12)18(27)24-8-7-17(26)25-15-10-14(20)5-6-16(15)28-11-19(21,22)23/h2-6,9-10H,7-8,11H2,1H3,(H,24,27)(H,25,26). The van der Waals surface area contributed by atoms with Gasteiger partial charge in [0.25, 0.3) is 5.91 Å². The maximum Gasteiger partial charge on any atom is 0.422 e. The van der Waals surface area contributed by atoms with Crippen molar-refractivity contribution >= 4 is 17.5 Å². The number of carbonyl (C=O) groups excluding carboxylic acids is 2. The molecule has 0 saturated heterocycles. The Morgan fingerprint density at radius 3 is 2.54 bits per heavy atom. The first-order valence-electron chi connectivity index (χ1n) is 8.28. The lowest BCUT2D eigenvalue weighted by atomic mass is 10.1. The monoisotopic (exact) mass is 398 g/mol. The third-order valence-corrected chi connectivity index (χ3v) is 3.52. The highest BCUT2D eigenvalue weighted by Gasteiger charge is 2.29. The number of carbonyl (C=O) groups is 2. The Labute approximate surface area is 158 Å². The summed E-state index contributed by atoms with van der Waals surface area (Å²) in [5.41, 5.74) is 1.12. The molecule has 9 heteroatoms. The van der Waals surface area contributed by atoms with Crippen LogP contribution < -0.4 is 15.4 Å². The molecule has 0 unspecified atom stereocenters. The number of aryl methyl sites for hydroxylation is 1. The van der Waals surface area contributed by atoms with E-state index in [1.165, 1.54) is 0 Å². The van der Waals surface area contributed by atoms with Gasteiger partial charge in [-0.25, -0.2) is 4.39 Å². The van der Waals surface area contributed by atoms with Crippen LogP contribution in [0.2, 0.25) is 0 Å². The molecule has 0 bridgehead atoms. The van der Waals surface area contributed by atoms with Crippen molar-refractivity contribution < 1.29 is 31.9 Å². The maximum atomic E-state index is 13.4. The minimum Gasteiger partial charge on any atom is -0.482 e. The Kier molecular flexibility index (Phi) is 6.97. The van der Waals surface area contributed by atoms with Gasteiger partial charge in [-0.05, 0) is 31.2 Å². The van der Waals surface area contributed by atoms with E-state index in [0.717, 1.165) is 23.8 Å². The Balaban J connectivity index is 1.90. The quantitative estimate of drug-likeness (QED) is 0.697. The number of halogens is 4. The maximum absolute atomic E-state index is 13.4. The summed E-state index contributed by atoms with van der Waals surface area (Å²) in [6.07, 6.45) is -4.73. The van der Waals surface area contributed by atoms with Gasteiger partial charge in [-0.15, -0.1) is 0 Å². The zero-order chi connectivity index (χ0) is 20.7. The largest absolute Gasteiger partial charge is 0.482 e. The third kappa shape index (κ3) is 6.90. The minimum atomic E-state index is -4.57. The number of alkyl halides is 3. The van der Waals surface area contributed by atoms with Crippen molar-refractivity contribution in [3.05, 3.63) is 59.4 Å². The van der Waals surface area contributed by atoms with E-state index in [2.05, 4.69) is 15.4 Å². The Bertz CT molecular complexity index is 853. The highest BCUT2D eigenvalue weighted by Crippen LogP contribution is 2.27. The fraction of sp³-hybridized carbons (Fsp3) is 0.263. The normalized spacial score (nSPS) is 11.0.